The van der Waals surface area contributed by atoms with Gasteiger partial charge in [0.25, 0.3) is 0 Å². The second-order valence-electron chi connectivity index (χ2n) is 5.43. The Kier molecular flexibility index (Phi) is 4.80. The molecule has 0 aromatic heterocycles. The fraction of sp³-hybridized carbons (Fsp3) is 1.00. The van der Waals surface area contributed by atoms with Gasteiger partial charge in [-0.2, -0.15) is 0 Å². The largest absolute Gasteiger partial charge is 0.313 e. The molecule has 0 bridgehead atoms. The zero-order chi connectivity index (χ0) is 14.0. The Hall–Kier alpha value is -0.180. The summed E-state index contributed by atoms with van der Waals surface area (Å²) in [5.41, 5.74) is -0.852. The smallest absolute Gasteiger partial charge is 0.213 e. The fourth-order valence-corrected chi connectivity index (χ4v) is 5.60. The summed E-state index contributed by atoms with van der Waals surface area (Å²) in [6, 6.07) is 0.225. The van der Waals surface area contributed by atoms with Crippen molar-refractivity contribution in [3.05, 3.63) is 0 Å². The van der Waals surface area contributed by atoms with Crippen LogP contribution in [0.2, 0.25) is 0 Å². The van der Waals surface area contributed by atoms with Gasteiger partial charge in [0.05, 0.1) is 17.3 Å². The van der Waals surface area contributed by atoms with Crippen molar-refractivity contribution in [2.75, 3.05) is 23.8 Å². The van der Waals surface area contributed by atoms with Gasteiger partial charge in [0.2, 0.25) is 10.0 Å². The van der Waals surface area contributed by atoms with Crippen molar-refractivity contribution in [1.82, 2.24) is 10.0 Å². The van der Waals surface area contributed by atoms with Crippen LogP contribution < -0.4 is 10.0 Å². The molecule has 1 unspecified atom stereocenters. The SMILES string of the molecule is CC(C)NCCS(=O)(=O)NC1(C)CCS(=O)(=O)C1. The molecule has 2 N–H and O–H groups in total. The van der Waals surface area contributed by atoms with Crippen molar-refractivity contribution in [1.29, 1.82) is 0 Å². The Morgan fingerprint density at radius 3 is 2.39 bits per heavy atom. The zero-order valence-corrected chi connectivity index (χ0v) is 12.7. The lowest BCUT2D eigenvalue weighted by atomic mass is 10.0. The molecule has 1 heterocycles. The molecule has 108 valence electrons. The van der Waals surface area contributed by atoms with Crippen LogP contribution in [0.3, 0.4) is 0 Å². The molecule has 0 spiro atoms. The molecule has 0 aliphatic carbocycles. The number of nitrogens with one attached hydrogen (secondary N) is 2. The fourth-order valence-electron chi connectivity index (χ4n) is 2.00. The van der Waals surface area contributed by atoms with Crippen molar-refractivity contribution >= 4 is 19.9 Å². The van der Waals surface area contributed by atoms with Crippen molar-refractivity contribution in [3.63, 3.8) is 0 Å². The third-order valence-electron chi connectivity index (χ3n) is 2.83. The van der Waals surface area contributed by atoms with E-state index in [0.29, 0.717) is 13.0 Å². The summed E-state index contributed by atoms with van der Waals surface area (Å²) in [7, 11) is -6.55. The molecule has 1 atom stereocenters. The molecule has 0 amide bonds. The first-order chi connectivity index (χ1) is 8.04. The highest BCUT2D eigenvalue weighted by Crippen LogP contribution is 2.23. The first kappa shape index (κ1) is 15.9. The number of rotatable bonds is 6. The second-order valence-corrected chi connectivity index (χ2v) is 9.46. The number of hydrogen-bond acceptors (Lipinski definition) is 5. The number of sulfone groups is 1. The molecule has 0 radical (unpaired) electrons. The van der Waals surface area contributed by atoms with Gasteiger partial charge in [0.1, 0.15) is 0 Å². The maximum atomic E-state index is 11.8. The van der Waals surface area contributed by atoms with E-state index in [1.807, 2.05) is 13.8 Å². The minimum Gasteiger partial charge on any atom is -0.313 e. The van der Waals surface area contributed by atoms with Gasteiger partial charge in [-0.1, -0.05) is 13.8 Å². The average molecular weight is 298 g/mol. The van der Waals surface area contributed by atoms with E-state index in [0.717, 1.165) is 0 Å². The molecule has 0 aromatic carbocycles. The Morgan fingerprint density at radius 2 is 1.94 bits per heavy atom. The van der Waals surface area contributed by atoms with E-state index in [1.54, 1.807) is 6.92 Å². The van der Waals surface area contributed by atoms with Crippen LogP contribution in [0.15, 0.2) is 0 Å². The molecule has 1 fully saturated rings. The average Bonchev–Trinajstić information content (AvgIpc) is 2.37. The van der Waals surface area contributed by atoms with Crippen LogP contribution in [0.5, 0.6) is 0 Å². The minimum atomic E-state index is -3.45. The first-order valence-corrected chi connectivity index (χ1v) is 9.46. The van der Waals surface area contributed by atoms with E-state index >= 15 is 0 Å². The summed E-state index contributed by atoms with van der Waals surface area (Å²) in [5, 5.41) is 3.02. The van der Waals surface area contributed by atoms with Gasteiger partial charge in [-0.3, -0.25) is 0 Å². The van der Waals surface area contributed by atoms with Crippen LogP contribution >= 0.6 is 0 Å². The normalized spacial score (nSPS) is 27.8. The first-order valence-electron chi connectivity index (χ1n) is 5.99. The molecule has 1 aliphatic rings. The summed E-state index contributed by atoms with van der Waals surface area (Å²) in [6.45, 7) is 5.87. The predicted molar refractivity (Wildman–Crippen MR) is 71.7 cm³/mol. The van der Waals surface area contributed by atoms with Gasteiger partial charge in [0, 0.05) is 18.1 Å². The highest BCUT2D eigenvalue weighted by atomic mass is 32.2. The molecule has 1 saturated heterocycles. The Balaban J connectivity index is 2.56. The Bertz CT molecular complexity index is 484. The minimum absolute atomic E-state index is 0.0409. The second kappa shape index (κ2) is 5.44. The van der Waals surface area contributed by atoms with Gasteiger partial charge in [-0.15, -0.1) is 0 Å². The van der Waals surface area contributed by atoms with Crippen LogP contribution in [-0.4, -0.2) is 52.2 Å². The Labute approximate surface area is 110 Å². The van der Waals surface area contributed by atoms with E-state index in [-0.39, 0.29) is 23.3 Å². The summed E-state index contributed by atoms with van der Waals surface area (Å²) in [6.07, 6.45) is 0.339. The maximum Gasteiger partial charge on any atom is 0.213 e. The van der Waals surface area contributed by atoms with Crippen molar-refractivity contribution in [2.24, 2.45) is 0 Å². The third-order valence-corrected chi connectivity index (χ3v) is 6.28. The summed E-state index contributed by atoms with van der Waals surface area (Å²) < 4.78 is 49.0. The van der Waals surface area contributed by atoms with Crippen molar-refractivity contribution in [3.8, 4) is 0 Å². The quantitative estimate of drug-likeness (QED) is 0.688. The number of hydrogen-bond donors (Lipinski definition) is 2. The van der Waals surface area contributed by atoms with E-state index < -0.39 is 25.4 Å². The summed E-state index contributed by atoms with van der Waals surface area (Å²) in [4.78, 5) is 0. The molecule has 0 saturated carbocycles. The highest BCUT2D eigenvalue weighted by molar-refractivity contribution is 7.92. The van der Waals surface area contributed by atoms with Crippen LogP contribution in [0.4, 0.5) is 0 Å². The molecule has 1 rings (SSSR count). The van der Waals surface area contributed by atoms with Crippen LogP contribution in [0, 0.1) is 0 Å². The zero-order valence-electron chi connectivity index (χ0n) is 11.1. The molecular formula is C10H22N2O4S2. The molecule has 1 aliphatic heterocycles. The predicted octanol–water partition coefficient (Wildman–Crippen LogP) is -0.519. The van der Waals surface area contributed by atoms with Gasteiger partial charge in [0.15, 0.2) is 9.84 Å². The third kappa shape index (κ3) is 5.21. The molecule has 8 heteroatoms. The molecule has 18 heavy (non-hydrogen) atoms. The maximum absolute atomic E-state index is 11.8. The lowest BCUT2D eigenvalue weighted by Crippen LogP contribution is -2.48. The lowest BCUT2D eigenvalue weighted by Gasteiger charge is -2.23. The lowest BCUT2D eigenvalue weighted by molar-refractivity contribution is 0.460. The standard InChI is InChI=1S/C10H22N2O4S2/c1-9(2)11-5-7-18(15,16)12-10(3)4-6-17(13,14)8-10/h9,11-12H,4-8H2,1-3H3. The summed E-state index contributed by atoms with van der Waals surface area (Å²) in [5.74, 6) is -0.103. The summed E-state index contributed by atoms with van der Waals surface area (Å²) >= 11 is 0. The van der Waals surface area contributed by atoms with Gasteiger partial charge in [-0.25, -0.2) is 21.6 Å². The molecule has 0 aromatic rings. The van der Waals surface area contributed by atoms with E-state index in [4.69, 9.17) is 0 Å². The van der Waals surface area contributed by atoms with Crippen LogP contribution in [0.25, 0.3) is 0 Å². The van der Waals surface area contributed by atoms with E-state index in [1.165, 1.54) is 0 Å². The highest BCUT2D eigenvalue weighted by Gasteiger charge is 2.40. The molecular weight excluding hydrogens is 276 g/mol. The van der Waals surface area contributed by atoms with E-state index in [2.05, 4.69) is 10.0 Å². The van der Waals surface area contributed by atoms with Gasteiger partial charge in [-0.05, 0) is 13.3 Å². The topological polar surface area (TPSA) is 92.3 Å². The van der Waals surface area contributed by atoms with Crippen molar-refractivity contribution < 1.29 is 16.8 Å². The van der Waals surface area contributed by atoms with E-state index in [9.17, 15) is 16.8 Å². The van der Waals surface area contributed by atoms with Gasteiger partial charge >= 0.3 is 0 Å². The van der Waals surface area contributed by atoms with Gasteiger partial charge < -0.3 is 5.32 Å². The van der Waals surface area contributed by atoms with Crippen molar-refractivity contribution in [2.45, 2.75) is 38.8 Å². The van der Waals surface area contributed by atoms with Crippen LogP contribution in [-0.2, 0) is 19.9 Å². The Morgan fingerprint density at radius 1 is 1.33 bits per heavy atom. The molecule has 6 nitrogen and oxygen atoms in total. The number of sulfonamides is 1. The monoisotopic (exact) mass is 298 g/mol. The van der Waals surface area contributed by atoms with Crippen LogP contribution in [0.1, 0.15) is 27.2 Å².